The van der Waals surface area contributed by atoms with Crippen LogP contribution < -0.4 is 10.2 Å². The minimum atomic E-state index is 0.708. The third kappa shape index (κ3) is 3.42. The Bertz CT molecular complexity index is 108. The highest BCUT2D eigenvalue weighted by molar-refractivity contribution is 7.97. The Morgan fingerprint density at radius 3 is 2.50 bits per heavy atom. The maximum absolute atomic E-state index is 4.58. The fraction of sp³-hybridized carbons (Fsp3) is 0.333. The molecule has 2 aliphatic heterocycles. The molecule has 2 aliphatic rings. The molecule has 0 saturated heterocycles. The Kier molecular flexibility index (Phi) is 3.90. The van der Waals surface area contributed by atoms with E-state index in [1.165, 1.54) is 0 Å². The van der Waals surface area contributed by atoms with Crippen LogP contribution in [0.25, 0.3) is 0 Å². The summed E-state index contributed by atoms with van der Waals surface area (Å²) in [7, 11) is 0. The van der Waals surface area contributed by atoms with Gasteiger partial charge in [-0.25, -0.2) is 0 Å². The second-order valence-electron chi connectivity index (χ2n) is 1.66. The Hall–Kier alpha value is -0.610. The maximum Gasteiger partial charge on any atom is 0.0945 e. The molecule has 10 heavy (non-hydrogen) atoms. The summed E-state index contributed by atoms with van der Waals surface area (Å²) in [6.45, 7) is 0.708. The molecule has 4 heteroatoms. The summed E-state index contributed by atoms with van der Waals surface area (Å²) in [5.41, 5.74) is 2.54. The predicted molar refractivity (Wildman–Crippen MR) is 43.0 cm³/mol. The molecular weight excluding hydrogens is 148 g/mol. The first kappa shape index (κ1) is 7.50. The summed E-state index contributed by atoms with van der Waals surface area (Å²) in [5.74, 6) is 1.12. The molecule has 2 N–H and O–H groups in total. The van der Waals surface area contributed by atoms with Crippen LogP contribution in [0.4, 0.5) is 0 Å². The average Bonchev–Trinajstić information content (AvgIpc) is 2.67. The molecule has 0 spiro atoms. The second kappa shape index (κ2) is 5.20. The van der Waals surface area contributed by atoms with Crippen LogP contribution in [0.1, 0.15) is 0 Å². The van der Waals surface area contributed by atoms with Gasteiger partial charge < -0.3 is 4.72 Å². The van der Waals surface area contributed by atoms with Crippen LogP contribution in [0.2, 0.25) is 0 Å². The largest absolute Gasteiger partial charge is 0.337 e. The van der Waals surface area contributed by atoms with Crippen molar-refractivity contribution in [2.45, 2.75) is 0 Å². The van der Waals surface area contributed by atoms with E-state index in [4.69, 9.17) is 0 Å². The summed E-state index contributed by atoms with van der Waals surface area (Å²) in [6, 6.07) is 0. The van der Waals surface area contributed by atoms with Crippen molar-refractivity contribution >= 4 is 11.9 Å². The van der Waals surface area contributed by atoms with Gasteiger partial charge in [0.2, 0.25) is 0 Å². The first-order chi connectivity index (χ1) is 5.00. The molecule has 3 nitrogen and oxygen atoms in total. The molecule has 0 aromatic heterocycles. The summed E-state index contributed by atoms with van der Waals surface area (Å²) in [5, 5.41) is 0. The summed E-state index contributed by atoms with van der Waals surface area (Å²) in [4.78, 5) is 4.58. The lowest BCUT2D eigenvalue weighted by Gasteiger charge is -1.82. The van der Waals surface area contributed by atoms with Gasteiger partial charge >= 0.3 is 0 Å². The van der Waals surface area contributed by atoms with E-state index >= 15 is 0 Å². The van der Waals surface area contributed by atoms with Crippen molar-refractivity contribution in [3.63, 3.8) is 0 Å². The molecule has 56 valence electrons. The first-order valence-electron chi connectivity index (χ1n) is 3.05. The first-order valence-corrected chi connectivity index (χ1v) is 4.03. The van der Waals surface area contributed by atoms with Gasteiger partial charge in [-0.05, 0) is 18.0 Å². The van der Waals surface area contributed by atoms with Gasteiger partial charge in [-0.3, -0.25) is 10.3 Å². The van der Waals surface area contributed by atoms with Crippen LogP contribution in [0, 0.1) is 0 Å². The van der Waals surface area contributed by atoms with E-state index in [0.29, 0.717) is 6.61 Å². The molecule has 0 aromatic rings. The van der Waals surface area contributed by atoms with Gasteiger partial charge in [0, 0.05) is 18.2 Å². The van der Waals surface area contributed by atoms with Gasteiger partial charge in [0.05, 0.1) is 6.61 Å². The maximum atomic E-state index is 4.58. The molecule has 0 aromatic carbocycles. The monoisotopic (exact) mass is 158 g/mol. The highest BCUT2D eigenvalue weighted by Gasteiger charge is 1.82. The van der Waals surface area contributed by atoms with Crippen molar-refractivity contribution in [3.05, 3.63) is 24.6 Å². The third-order valence-corrected chi connectivity index (χ3v) is 1.56. The zero-order valence-electron chi connectivity index (χ0n) is 5.54. The Balaban J connectivity index is 0.0000001000. The Morgan fingerprint density at radius 2 is 2.30 bits per heavy atom. The molecule has 2 rings (SSSR count). The second-order valence-corrected chi connectivity index (χ2v) is 2.52. The minimum absolute atomic E-state index is 0.708. The molecule has 0 saturated carbocycles. The molecule has 0 aliphatic carbocycles. The summed E-state index contributed by atoms with van der Waals surface area (Å²) < 4.78 is 2.96. The lowest BCUT2D eigenvalue weighted by molar-refractivity contribution is 0.115. The van der Waals surface area contributed by atoms with Crippen LogP contribution in [0.5, 0.6) is 0 Å². The zero-order valence-corrected chi connectivity index (χ0v) is 6.36. The summed E-state index contributed by atoms with van der Waals surface area (Å²) >= 11 is 1.71. The van der Waals surface area contributed by atoms with E-state index in [0.717, 1.165) is 5.75 Å². The SMILES string of the molecule is C1=CNOC1.C1=CNSC1. The standard InChI is InChI=1S/C3H5NO.C3H5NS/c2*1-2-4-5-3-1/h2*1-2,4H,3H2. The molecule has 0 amide bonds. The summed E-state index contributed by atoms with van der Waals surface area (Å²) in [6.07, 6.45) is 7.70. The quantitative estimate of drug-likeness (QED) is 0.511. The molecule has 0 fully saturated rings. The molecule has 2 heterocycles. The van der Waals surface area contributed by atoms with E-state index in [1.807, 2.05) is 12.3 Å². The number of hydroxylamine groups is 1. The van der Waals surface area contributed by atoms with Gasteiger partial charge in [-0.1, -0.05) is 6.08 Å². The Labute approximate surface area is 64.6 Å². The van der Waals surface area contributed by atoms with Crippen LogP contribution in [-0.2, 0) is 4.84 Å². The van der Waals surface area contributed by atoms with Crippen molar-refractivity contribution in [2.24, 2.45) is 0 Å². The van der Waals surface area contributed by atoms with Crippen LogP contribution in [0.15, 0.2) is 24.6 Å². The van der Waals surface area contributed by atoms with E-state index in [9.17, 15) is 0 Å². The lowest BCUT2D eigenvalue weighted by Crippen LogP contribution is -1.95. The molecule has 0 bridgehead atoms. The van der Waals surface area contributed by atoms with E-state index in [2.05, 4.69) is 21.1 Å². The minimum Gasteiger partial charge on any atom is -0.337 e. The van der Waals surface area contributed by atoms with Crippen molar-refractivity contribution in [3.8, 4) is 0 Å². The highest BCUT2D eigenvalue weighted by Crippen LogP contribution is 1.98. The van der Waals surface area contributed by atoms with Gasteiger partial charge in [0.1, 0.15) is 0 Å². The van der Waals surface area contributed by atoms with Gasteiger partial charge in [0.15, 0.2) is 0 Å². The molecule has 0 atom stereocenters. The van der Waals surface area contributed by atoms with E-state index in [1.54, 1.807) is 18.1 Å². The zero-order chi connectivity index (χ0) is 7.07. The highest BCUT2D eigenvalue weighted by atomic mass is 32.2. The number of nitrogens with one attached hydrogen (secondary N) is 2. The lowest BCUT2D eigenvalue weighted by atomic mass is 10.7. The molecular formula is C6H10N2OS. The van der Waals surface area contributed by atoms with E-state index < -0.39 is 0 Å². The average molecular weight is 158 g/mol. The Morgan fingerprint density at radius 1 is 1.30 bits per heavy atom. The third-order valence-electron chi connectivity index (χ3n) is 0.898. The number of hydrogen-bond acceptors (Lipinski definition) is 4. The van der Waals surface area contributed by atoms with Crippen molar-refractivity contribution in [1.82, 2.24) is 10.2 Å². The molecule has 0 radical (unpaired) electrons. The normalized spacial score (nSPS) is 19.2. The molecule has 0 unspecified atom stereocenters. The van der Waals surface area contributed by atoms with Gasteiger partial charge in [0.25, 0.3) is 0 Å². The van der Waals surface area contributed by atoms with Crippen LogP contribution in [-0.4, -0.2) is 12.4 Å². The van der Waals surface area contributed by atoms with Crippen LogP contribution in [0.3, 0.4) is 0 Å². The smallest absolute Gasteiger partial charge is 0.0945 e. The van der Waals surface area contributed by atoms with Crippen molar-refractivity contribution in [1.29, 1.82) is 0 Å². The predicted octanol–water partition coefficient (Wildman–Crippen LogP) is 0.786. The number of rotatable bonds is 0. The number of hydrogen-bond donors (Lipinski definition) is 2. The fourth-order valence-electron chi connectivity index (χ4n) is 0.481. The topological polar surface area (TPSA) is 33.3 Å². The fourth-order valence-corrected chi connectivity index (χ4v) is 0.962. The van der Waals surface area contributed by atoms with Crippen molar-refractivity contribution < 1.29 is 4.84 Å². The van der Waals surface area contributed by atoms with E-state index in [-0.39, 0.29) is 0 Å². The van der Waals surface area contributed by atoms with Crippen molar-refractivity contribution in [2.75, 3.05) is 12.4 Å². The van der Waals surface area contributed by atoms with Gasteiger partial charge in [-0.2, -0.15) is 0 Å². The van der Waals surface area contributed by atoms with Crippen LogP contribution >= 0.6 is 11.9 Å². The van der Waals surface area contributed by atoms with Gasteiger partial charge in [-0.15, -0.1) is 0 Å².